The molecule has 0 saturated carbocycles. The van der Waals surface area contributed by atoms with Crippen LogP contribution in [0.4, 0.5) is 8.78 Å². The second kappa shape index (κ2) is 5.35. The van der Waals surface area contributed by atoms with Crippen molar-refractivity contribution in [3.63, 3.8) is 0 Å². The van der Waals surface area contributed by atoms with Crippen LogP contribution in [0.3, 0.4) is 0 Å². The van der Waals surface area contributed by atoms with Crippen molar-refractivity contribution in [3.05, 3.63) is 51.5 Å². The van der Waals surface area contributed by atoms with E-state index in [-0.39, 0.29) is 0 Å². The molecule has 3 rings (SSSR count). The van der Waals surface area contributed by atoms with Gasteiger partial charge in [-0.25, -0.2) is 13.8 Å². The van der Waals surface area contributed by atoms with Gasteiger partial charge in [0.05, 0.1) is 16.7 Å². The van der Waals surface area contributed by atoms with Crippen LogP contribution in [0.5, 0.6) is 0 Å². The van der Waals surface area contributed by atoms with Gasteiger partial charge in [-0.2, -0.15) is 0 Å². The zero-order valence-corrected chi connectivity index (χ0v) is 11.1. The van der Waals surface area contributed by atoms with E-state index in [1.807, 2.05) is 5.38 Å². The molecular weight excluding hydrogens is 266 g/mol. The van der Waals surface area contributed by atoms with E-state index in [1.54, 1.807) is 0 Å². The SMILES string of the molecule is Fc1ccc(Cc2nc([C@@H]3CCCN3)cs2)c(F)c1. The number of rotatable bonds is 3. The maximum absolute atomic E-state index is 13.6. The average Bonchev–Trinajstić information content (AvgIpc) is 3.03. The number of nitrogens with zero attached hydrogens (tertiary/aromatic N) is 1. The Bertz CT molecular complexity index is 577. The molecular formula is C14H14F2N2S. The van der Waals surface area contributed by atoms with Crippen LogP contribution < -0.4 is 5.32 Å². The molecule has 0 amide bonds. The van der Waals surface area contributed by atoms with E-state index in [2.05, 4.69) is 10.3 Å². The van der Waals surface area contributed by atoms with Crippen LogP contribution in [-0.2, 0) is 6.42 Å². The first-order chi connectivity index (χ1) is 9.22. The molecule has 1 aliphatic rings. The van der Waals surface area contributed by atoms with Crippen molar-refractivity contribution >= 4 is 11.3 Å². The molecule has 0 bridgehead atoms. The highest BCUT2D eigenvalue weighted by molar-refractivity contribution is 7.09. The molecule has 1 fully saturated rings. The predicted octanol–water partition coefficient (Wildman–Crippen LogP) is 3.44. The molecule has 2 aromatic rings. The number of aromatic nitrogens is 1. The van der Waals surface area contributed by atoms with E-state index in [0.29, 0.717) is 18.0 Å². The summed E-state index contributed by atoms with van der Waals surface area (Å²) in [5.74, 6) is -1.05. The minimum absolute atomic E-state index is 0.336. The van der Waals surface area contributed by atoms with Gasteiger partial charge in [-0.05, 0) is 31.0 Å². The lowest BCUT2D eigenvalue weighted by Gasteiger charge is -2.05. The highest BCUT2D eigenvalue weighted by atomic mass is 32.1. The second-order valence-electron chi connectivity index (χ2n) is 4.73. The summed E-state index contributed by atoms with van der Waals surface area (Å²) in [6.45, 7) is 1.03. The van der Waals surface area contributed by atoms with Gasteiger partial charge in [-0.3, -0.25) is 0 Å². The quantitative estimate of drug-likeness (QED) is 0.931. The van der Waals surface area contributed by atoms with Crippen molar-refractivity contribution in [2.75, 3.05) is 6.54 Å². The fourth-order valence-electron chi connectivity index (χ4n) is 2.33. The Morgan fingerprint density at radius 1 is 1.37 bits per heavy atom. The number of benzene rings is 1. The number of hydrogen-bond acceptors (Lipinski definition) is 3. The average molecular weight is 280 g/mol. The summed E-state index contributed by atoms with van der Waals surface area (Å²) in [4.78, 5) is 4.55. The second-order valence-corrected chi connectivity index (χ2v) is 5.67. The van der Waals surface area contributed by atoms with Crippen molar-refractivity contribution in [2.45, 2.75) is 25.3 Å². The lowest BCUT2D eigenvalue weighted by molar-refractivity contribution is 0.574. The van der Waals surface area contributed by atoms with E-state index in [4.69, 9.17) is 0 Å². The van der Waals surface area contributed by atoms with Gasteiger partial charge in [0.2, 0.25) is 0 Å². The van der Waals surface area contributed by atoms with Gasteiger partial charge < -0.3 is 5.32 Å². The third-order valence-corrected chi connectivity index (χ3v) is 4.21. The van der Waals surface area contributed by atoms with Gasteiger partial charge in [0.25, 0.3) is 0 Å². The van der Waals surface area contributed by atoms with Gasteiger partial charge in [-0.15, -0.1) is 11.3 Å². The molecule has 100 valence electrons. The number of halogens is 2. The zero-order chi connectivity index (χ0) is 13.2. The molecule has 1 atom stereocenters. The molecule has 19 heavy (non-hydrogen) atoms. The molecule has 1 N–H and O–H groups in total. The molecule has 0 unspecified atom stereocenters. The Balaban J connectivity index is 1.76. The third-order valence-electron chi connectivity index (χ3n) is 3.34. The van der Waals surface area contributed by atoms with Gasteiger partial charge in [0.15, 0.2) is 0 Å². The van der Waals surface area contributed by atoms with Crippen LogP contribution >= 0.6 is 11.3 Å². The van der Waals surface area contributed by atoms with Crippen molar-refractivity contribution in [3.8, 4) is 0 Å². The molecule has 0 aliphatic carbocycles. The van der Waals surface area contributed by atoms with Crippen LogP contribution in [0.25, 0.3) is 0 Å². The van der Waals surface area contributed by atoms with Crippen LogP contribution in [0, 0.1) is 11.6 Å². The zero-order valence-electron chi connectivity index (χ0n) is 10.3. The molecule has 5 heteroatoms. The van der Waals surface area contributed by atoms with E-state index in [9.17, 15) is 8.78 Å². The van der Waals surface area contributed by atoms with E-state index in [0.717, 1.165) is 29.7 Å². The summed E-state index contributed by atoms with van der Waals surface area (Å²) in [6, 6.07) is 4.02. The monoisotopic (exact) mass is 280 g/mol. The fourth-order valence-corrected chi connectivity index (χ4v) is 3.20. The highest BCUT2D eigenvalue weighted by Crippen LogP contribution is 2.25. The Labute approximate surface area is 114 Å². The minimum atomic E-state index is -0.545. The smallest absolute Gasteiger partial charge is 0.129 e. The first-order valence-corrected chi connectivity index (χ1v) is 7.22. The molecule has 1 aromatic heterocycles. The first kappa shape index (κ1) is 12.7. The topological polar surface area (TPSA) is 24.9 Å². The van der Waals surface area contributed by atoms with Crippen LogP contribution in [-0.4, -0.2) is 11.5 Å². The molecule has 1 aliphatic heterocycles. The van der Waals surface area contributed by atoms with E-state index >= 15 is 0 Å². The Morgan fingerprint density at radius 3 is 3.00 bits per heavy atom. The van der Waals surface area contributed by atoms with Gasteiger partial charge in [0, 0.05) is 17.9 Å². The Hall–Kier alpha value is -1.33. The van der Waals surface area contributed by atoms with Gasteiger partial charge in [0.1, 0.15) is 11.6 Å². The standard InChI is InChI=1S/C14H14F2N2S/c15-10-4-3-9(11(16)7-10)6-14-18-13(8-19-14)12-2-1-5-17-12/h3-4,7-8,12,17H,1-2,5-6H2/t12-/m0/s1. The summed E-state index contributed by atoms with van der Waals surface area (Å²) in [5.41, 5.74) is 1.53. The molecule has 1 saturated heterocycles. The van der Waals surface area contributed by atoms with Crippen molar-refractivity contribution in [2.24, 2.45) is 0 Å². The van der Waals surface area contributed by atoms with Crippen LogP contribution in [0.2, 0.25) is 0 Å². The molecule has 0 radical (unpaired) electrons. The van der Waals surface area contributed by atoms with Crippen molar-refractivity contribution in [1.29, 1.82) is 0 Å². The number of nitrogens with one attached hydrogen (secondary N) is 1. The van der Waals surface area contributed by atoms with Crippen molar-refractivity contribution < 1.29 is 8.78 Å². The van der Waals surface area contributed by atoms with E-state index < -0.39 is 11.6 Å². The van der Waals surface area contributed by atoms with Crippen LogP contribution in [0.15, 0.2) is 23.6 Å². The normalized spacial score (nSPS) is 18.9. The summed E-state index contributed by atoms with van der Waals surface area (Å²) in [5, 5.41) is 6.29. The molecule has 2 nitrogen and oxygen atoms in total. The molecule has 0 spiro atoms. The summed E-state index contributed by atoms with van der Waals surface area (Å²) in [6.07, 6.45) is 2.70. The Morgan fingerprint density at radius 2 is 2.26 bits per heavy atom. The fraction of sp³-hybridized carbons (Fsp3) is 0.357. The maximum atomic E-state index is 13.6. The summed E-state index contributed by atoms with van der Waals surface area (Å²) >= 11 is 1.53. The Kier molecular flexibility index (Phi) is 3.57. The number of thiazole rings is 1. The number of hydrogen-bond donors (Lipinski definition) is 1. The highest BCUT2D eigenvalue weighted by Gasteiger charge is 2.19. The maximum Gasteiger partial charge on any atom is 0.129 e. The van der Waals surface area contributed by atoms with E-state index in [1.165, 1.54) is 29.9 Å². The largest absolute Gasteiger partial charge is 0.309 e. The molecule has 2 heterocycles. The lowest BCUT2D eigenvalue weighted by atomic mass is 10.1. The lowest BCUT2D eigenvalue weighted by Crippen LogP contribution is -2.13. The van der Waals surface area contributed by atoms with Gasteiger partial charge >= 0.3 is 0 Å². The summed E-state index contributed by atoms with van der Waals surface area (Å²) in [7, 11) is 0. The van der Waals surface area contributed by atoms with Crippen molar-refractivity contribution in [1.82, 2.24) is 10.3 Å². The minimum Gasteiger partial charge on any atom is -0.309 e. The summed E-state index contributed by atoms with van der Waals surface area (Å²) < 4.78 is 26.4. The van der Waals surface area contributed by atoms with Crippen LogP contribution in [0.1, 0.15) is 35.1 Å². The first-order valence-electron chi connectivity index (χ1n) is 6.34. The molecule has 1 aromatic carbocycles. The predicted molar refractivity (Wildman–Crippen MR) is 71.3 cm³/mol. The third kappa shape index (κ3) is 2.82. The van der Waals surface area contributed by atoms with Gasteiger partial charge in [-0.1, -0.05) is 6.07 Å².